The molecule has 1 fully saturated rings. The molecule has 22 heavy (non-hydrogen) atoms. The summed E-state index contributed by atoms with van der Waals surface area (Å²) in [5, 5.41) is 3.48. The van der Waals surface area contributed by atoms with Gasteiger partial charge in [-0.2, -0.15) is 0 Å². The summed E-state index contributed by atoms with van der Waals surface area (Å²) >= 11 is 1.81. The molecule has 2 heterocycles. The first kappa shape index (κ1) is 17.4. The van der Waals surface area contributed by atoms with Crippen molar-refractivity contribution in [2.75, 3.05) is 26.2 Å². The number of piperidine rings is 1. The number of ether oxygens (including phenoxy) is 1. The molecule has 1 aromatic heterocycles. The maximum Gasteiger partial charge on any atom is 0.305 e. The predicted octanol–water partition coefficient (Wildman–Crippen LogP) is 3.75. The third kappa shape index (κ3) is 5.69. The number of esters is 1. The SMILES string of the molecule is CCOC(=O)CCCCCN1CCC(c2nc(C)cs2)CC1. The molecule has 0 unspecified atom stereocenters. The number of hydrogen-bond donors (Lipinski definition) is 0. The van der Waals surface area contributed by atoms with Crippen molar-refractivity contribution in [1.29, 1.82) is 0 Å². The second kappa shape index (κ2) is 9.26. The van der Waals surface area contributed by atoms with Gasteiger partial charge in [0.05, 0.1) is 11.6 Å². The van der Waals surface area contributed by atoms with E-state index >= 15 is 0 Å². The fourth-order valence-corrected chi connectivity index (χ4v) is 3.95. The van der Waals surface area contributed by atoms with Crippen LogP contribution in [0.5, 0.6) is 0 Å². The van der Waals surface area contributed by atoms with Gasteiger partial charge in [-0.25, -0.2) is 4.98 Å². The second-order valence-electron chi connectivity index (χ2n) is 6.06. The Morgan fingerprint density at radius 2 is 2.14 bits per heavy atom. The number of unbranched alkanes of at least 4 members (excludes halogenated alkanes) is 2. The van der Waals surface area contributed by atoms with Gasteiger partial charge in [-0.3, -0.25) is 4.79 Å². The maximum atomic E-state index is 11.2. The van der Waals surface area contributed by atoms with Gasteiger partial charge < -0.3 is 9.64 Å². The van der Waals surface area contributed by atoms with Crippen molar-refractivity contribution in [1.82, 2.24) is 9.88 Å². The molecule has 4 nitrogen and oxygen atoms in total. The number of aryl methyl sites for hydroxylation is 1. The average Bonchev–Trinajstić information content (AvgIpc) is 2.94. The molecular weight excluding hydrogens is 296 g/mol. The van der Waals surface area contributed by atoms with E-state index in [1.54, 1.807) is 0 Å². The number of thiazole rings is 1. The molecule has 0 spiro atoms. The Kier molecular flexibility index (Phi) is 7.33. The minimum absolute atomic E-state index is 0.0537. The lowest BCUT2D eigenvalue weighted by molar-refractivity contribution is -0.143. The maximum absolute atomic E-state index is 11.2. The molecule has 0 saturated carbocycles. The van der Waals surface area contributed by atoms with Crippen molar-refractivity contribution in [2.45, 2.75) is 58.3 Å². The summed E-state index contributed by atoms with van der Waals surface area (Å²) in [6.07, 6.45) is 6.28. The second-order valence-corrected chi connectivity index (χ2v) is 6.95. The van der Waals surface area contributed by atoms with Crippen LogP contribution in [0.4, 0.5) is 0 Å². The van der Waals surface area contributed by atoms with Gasteiger partial charge in [0, 0.05) is 23.4 Å². The molecule has 1 saturated heterocycles. The highest BCUT2D eigenvalue weighted by atomic mass is 32.1. The highest BCUT2D eigenvalue weighted by molar-refractivity contribution is 7.09. The number of rotatable bonds is 8. The van der Waals surface area contributed by atoms with E-state index < -0.39 is 0 Å². The molecule has 1 aliphatic heterocycles. The van der Waals surface area contributed by atoms with Crippen molar-refractivity contribution >= 4 is 17.3 Å². The minimum atomic E-state index is -0.0537. The van der Waals surface area contributed by atoms with Gasteiger partial charge in [0.2, 0.25) is 0 Å². The van der Waals surface area contributed by atoms with Crippen LogP contribution in [0.1, 0.15) is 62.1 Å². The Balaban J connectivity index is 1.55. The van der Waals surface area contributed by atoms with Gasteiger partial charge >= 0.3 is 5.97 Å². The first-order chi connectivity index (χ1) is 10.7. The summed E-state index contributed by atoms with van der Waals surface area (Å²) in [6, 6.07) is 0. The summed E-state index contributed by atoms with van der Waals surface area (Å²) in [4.78, 5) is 18.4. The van der Waals surface area contributed by atoms with E-state index in [9.17, 15) is 4.79 Å². The van der Waals surface area contributed by atoms with Crippen molar-refractivity contribution in [3.05, 3.63) is 16.1 Å². The fraction of sp³-hybridized carbons (Fsp3) is 0.765. The van der Waals surface area contributed by atoms with Crippen LogP contribution in [-0.2, 0) is 9.53 Å². The molecule has 1 aromatic rings. The molecule has 0 aliphatic carbocycles. The van der Waals surface area contributed by atoms with Gasteiger partial charge in [-0.05, 0) is 59.2 Å². The predicted molar refractivity (Wildman–Crippen MR) is 90.4 cm³/mol. The number of carbonyl (C=O) groups excluding carboxylic acids is 1. The molecule has 0 atom stereocenters. The van der Waals surface area contributed by atoms with Crippen molar-refractivity contribution in [2.24, 2.45) is 0 Å². The van der Waals surface area contributed by atoms with Crippen molar-refractivity contribution in [3.8, 4) is 0 Å². The van der Waals surface area contributed by atoms with Crippen LogP contribution in [0, 0.1) is 6.92 Å². The van der Waals surface area contributed by atoms with E-state index in [1.165, 1.54) is 37.4 Å². The number of carbonyl (C=O) groups is 1. The Morgan fingerprint density at radius 3 is 2.77 bits per heavy atom. The van der Waals surface area contributed by atoms with E-state index in [4.69, 9.17) is 4.74 Å². The fourth-order valence-electron chi connectivity index (χ4n) is 2.98. The summed E-state index contributed by atoms with van der Waals surface area (Å²) in [5.74, 6) is 0.612. The van der Waals surface area contributed by atoms with Gasteiger partial charge in [0.25, 0.3) is 0 Å². The summed E-state index contributed by atoms with van der Waals surface area (Å²) < 4.78 is 4.94. The summed E-state index contributed by atoms with van der Waals surface area (Å²) in [6.45, 7) is 7.95. The molecular formula is C17H28N2O2S. The van der Waals surface area contributed by atoms with Crippen LogP contribution >= 0.6 is 11.3 Å². The van der Waals surface area contributed by atoms with Crippen LogP contribution in [0.3, 0.4) is 0 Å². The lowest BCUT2D eigenvalue weighted by Gasteiger charge is -2.31. The molecule has 0 N–H and O–H groups in total. The Bertz CT molecular complexity index is 453. The highest BCUT2D eigenvalue weighted by Gasteiger charge is 2.22. The van der Waals surface area contributed by atoms with Crippen LogP contribution < -0.4 is 0 Å². The molecule has 0 aromatic carbocycles. The number of nitrogens with zero attached hydrogens (tertiary/aromatic N) is 2. The Morgan fingerprint density at radius 1 is 1.36 bits per heavy atom. The van der Waals surface area contributed by atoms with Crippen LogP contribution in [0.25, 0.3) is 0 Å². The third-order valence-electron chi connectivity index (χ3n) is 4.23. The molecule has 0 amide bonds. The van der Waals surface area contributed by atoms with Gasteiger partial charge in [0.15, 0.2) is 0 Å². The minimum Gasteiger partial charge on any atom is -0.466 e. The molecule has 124 valence electrons. The van der Waals surface area contributed by atoms with Crippen LogP contribution in [0.15, 0.2) is 5.38 Å². The normalized spacial score (nSPS) is 16.8. The van der Waals surface area contributed by atoms with E-state index in [1.807, 2.05) is 18.3 Å². The first-order valence-electron chi connectivity index (χ1n) is 8.49. The van der Waals surface area contributed by atoms with Gasteiger partial charge in [-0.15, -0.1) is 11.3 Å². The van der Waals surface area contributed by atoms with E-state index in [0.717, 1.165) is 25.1 Å². The number of likely N-dealkylation sites (tertiary alicyclic amines) is 1. The number of hydrogen-bond acceptors (Lipinski definition) is 5. The van der Waals surface area contributed by atoms with Crippen molar-refractivity contribution in [3.63, 3.8) is 0 Å². The molecule has 0 radical (unpaired) electrons. The zero-order valence-corrected chi connectivity index (χ0v) is 14.7. The Labute approximate surface area is 137 Å². The monoisotopic (exact) mass is 324 g/mol. The lowest BCUT2D eigenvalue weighted by Crippen LogP contribution is -2.33. The summed E-state index contributed by atoms with van der Waals surface area (Å²) in [5.41, 5.74) is 1.16. The first-order valence-corrected chi connectivity index (χ1v) is 9.37. The molecule has 2 rings (SSSR count). The third-order valence-corrected chi connectivity index (χ3v) is 5.36. The van der Waals surface area contributed by atoms with Crippen LogP contribution in [-0.4, -0.2) is 42.1 Å². The standard InChI is InChI=1S/C17H28N2O2S/c1-3-21-16(20)7-5-4-6-10-19-11-8-15(9-12-19)17-18-14(2)13-22-17/h13,15H,3-12H2,1-2H3. The molecule has 1 aliphatic rings. The zero-order valence-electron chi connectivity index (χ0n) is 13.8. The topological polar surface area (TPSA) is 42.4 Å². The molecule has 0 bridgehead atoms. The summed E-state index contributed by atoms with van der Waals surface area (Å²) in [7, 11) is 0. The molecule has 5 heteroatoms. The van der Waals surface area contributed by atoms with Gasteiger partial charge in [-0.1, -0.05) is 6.42 Å². The average molecular weight is 324 g/mol. The van der Waals surface area contributed by atoms with Crippen LogP contribution in [0.2, 0.25) is 0 Å². The lowest BCUT2D eigenvalue weighted by atomic mass is 9.97. The smallest absolute Gasteiger partial charge is 0.305 e. The van der Waals surface area contributed by atoms with E-state index in [2.05, 4.69) is 22.2 Å². The van der Waals surface area contributed by atoms with E-state index in [0.29, 0.717) is 18.9 Å². The largest absolute Gasteiger partial charge is 0.466 e. The van der Waals surface area contributed by atoms with E-state index in [-0.39, 0.29) is 5.97 Å². The van der Waals surface area contributed by atoms with Crippen molar-refractivity contribution < 1.29 is 9.53 Å². The quantitative estimate of drug-likeness (QED) is 0.539. The van der Waals surface area contributed by atoms with Gasteiger partial charge in [0.1, 0.15) is 0 Å². The number of aromatic nitrogens is 1. The zero-order chi connectivity index (χ0) is 15.8. The Hall–Kier alpha value is -0.940. The highest BCUT2D eigenvalue weighted by Crippen LogP contribution is 2.30.